The zero-order valence-electron chi connectivity index (χ0n) is 13.6. The summed E-state index contributed by atoms with van der Waals surface area (Å²) in [6.07, 6.45) is 1.67. The molecular formula is C17H28N2O2. The molecule has 4 heteroatoms. The van der Waals surface area contributed by atoms with Crippen LogP contribution in [0.1, 0.15) is 46.1 Å². The minimum absolute atomic E-state index is 0.0352. The Kier molecular flexibility index (Phi) is 5.78. The molecule has 0 fully saturated rings. The molecule has 0 radical (unpaired) electrons. The molecule has 0 unspecified atom stereocenters. The lowest BCUT2D eigenvalue weighted by atomic mass is 9.81. The van der Waals surface area contributed by atoms with Crippen molar-refractivity contribution in [2.75, 3.05) is 18.9 Å². The topological polar surface area (TPSA) is 75.3 Å². The van der Waals surface area contributed by atoms with Gasteiger partial charge in [0.05, 0.1) is 12.0 Å². The maximum atomic E-state index is 12.5. The SMILES string of the molecule is CCC(CC)(CO)CNC(=O)C(C)(C)c1ccc(N)cc1. The molecule has 4 N–H and O–H groups in total. The van der Waals surface area contributed by atoms with E-state index >= 15 is 0 Å². The van der Waals surface area contributed by atoms with Crippen LogP contribution in [-0.2, 0) is 10.2 Å². The van der Waals surface area contributed by atoms with Crippen LogP contribution >= 0.6 is 0 Å². The quantitative estimate of drug-likeness (QED) is 0.676. The van der Waals surface area contributed by atoms with Crippen molar-refractivity contribution < 1.29 is 9.90 Å². The van der Waals surface area contributed by atoms with Crippen molar-refractivity contribution in [3.8, 4) is 0 Å². The Hall–Kier alpha value is -1.55. The first-order valence-corrected chi connectivity index (χ1v) is 7.56. The van der Waals surface area contributed by atoms with Gasteiger partial charge in [-0.25, -0.2) is 0 Å². The van der Waals surface area contributed by atoms with Gasteiger partial charge in [-0.3, -0.25) is 4.79 Å². The van der Waals surface area contributed by atoms with Crippen LogP contribution in [0.2, 0.25) is 0 Å². The highest BCUT2D eigenvalue weighted by atomic mass is 16.3. The summed E-state index contributed by atoms with van der Waals surface area (Å²) in [5.41, 5.74) is 6.44. The lowest BCUT2D eigenvalue weighted by Gasteiger charge is -2.32. The van der Waals surface area contributed by atoms with Crippen LogP contribution < -0.4 is 11.1 Å². The zero-order valence-corrected chi connectivity index (χ0v) is 13.6. The molecule has 21 heavy (non-hydrogen) atoms. The molecule has 0 atom stereocenters. The zero-order chi connectivity index (χ0) is 16.1. The van der Waals surface area contributed by atoms with Gasteiger partial charge in [0.25, 0.3) is 0 Å². The second-order valence-electron chi connectivity index (χ2n) is 6.29. The monoisotopic (exact) mass is 292 g/mol. The van der Waals surface area contributed by atoms with E-state index in [0.29, 0.717) is 12.2 Å². The van der Waals surface area contributed by atoms with Gasteiger partial charge in [0.15, 0.2) is 0 Å². The van der Waals surface area contributed by atoms with Crippen molar-refractivity contribution in [1.29, 1.82) is 0 Å². The largest absolute Gasteiger partial charge is 0.399 e. The van der Waals surface area contributed by atoms with Gasteiger partial charge in [0, 0.05) is 17.6 Å². The summed E-state index contributed by atoms with van der Waals surface area (Å²) in [4.78, 5) is 12.5. The number of aliphatic hydroxyl groups excluding tert-OH is 1. The average Bonchev–Trinajstić information content (AvgIpc) is 2.49. The first-order chi connectivity index (χ1) is 9.81. The van der Waals surface area contributed by atoms with E-state index in [4.69, 9.17) is 5.73 Å². The Labute approximate surface area is 127 Å². The molecule has 0 aliphatic heterocycles. The number of benzene rings is 1. The lowest BCUT2D eigenvalue weighted by Crippen LogP contribution is -2.46. The van der Waals surface area contributed by atoms with Crippen molar-refractivity contribution in [2.24, 2.45) is 5.41 Å². The maximum Gasteiger partial charge on any atom is 0.230 e. The van der Waals surface area contributed by atoms with Gasteiger partial charge in [0.1, 0.15) is 0 Å². The third-order valence-corrected chi connectivity index (χ3v) is 4.66. The second-order valence-corrected chi connectivity index (χ2v) is 6.29. The average molecular weight is 292 g/mol. The van der Waals surface area contributed by atoms with Crippen LogP contribution in [0.3, 0.4) is 0 Å². The summed E-state index contributed by atoms with van der Waals surface area (Å²) in [6, 6.07) is 7.38. The minimum atomic E-state index is -0.629. The summed E-state index contributed by atoms with van der Waals surface area (Å²) in [5, 5.41) is 12.6. The molecule has 0 heterocycles. The number of rotatable bonds is 7. The Morgan fingerprint density at radius 2 is 1.71 bits per heavy atom. The molecule has 1 rings (SSSR count). The number of carbonyl (C=O) groups excluding carboxylic acids is 1. The normalized spacial score (nSPS) is 12.2. The van der Waals surface area contributed by atoms with Crippen LogP contribution in [0, 0.1) is 5.41 Å². The first kappa shape index (κ1) is 17.5. The van der Waals surface area contributed by atoms with E-state index in [0.717, 1.165) is 18.4 Å². The van der Waals surface area contributed by atoms with E-state index in [2.05, 4.69) is 5.32 Å². The number of nitrogens with two attached hydrogens (primary N) is 1. The van der Waals surface area contributed by atoms with Gasteiger partial charge in [-0.2, -0.15) is 0 Å². The molecular weight excluding hydrogens is 264 g/mol. The summed E-state index contributed by atoms with van der Waals surface area (Å²) in [7, 11) is 0. The Morgan fingerprint density at radius 1 is 1.19 bits per heavy atom. The lowest BCUT2D eigenvalue weighted by molar-refractivity contribution is -0.126. The van der Waals surface area contributed by atoms with Crippen molar-refractivity contribution in [2.45, 2.75) is 46.0 Å². The molecule has 1 aromatic carbocycles. The van der Waals surface area contributed by atoms with Gasteiger partial charge in [-0.1, -0.05) is 26.0 Å². The number of hydrogen-bond donors (Lipinski definition) is 3. The molecule has 1 aromatic rings. The molecule has 0 aliphatic rings. The molecule has 0 aromatic heterocycles. The van der Waals surface area contributed by atoms with Crippen molar-refractivity contribution in [1.82, 2.24) is 5.32 Å². The van der Waals surface area contributed by atoms with Gasteiger partial charge in [-0.05, 0) is 44.4 Å². The van der Waals surface area contributed by atoms with Crippen LogP contribution in [0.4, 0.5) is 5.69 Å². The van der Waals surface area contributed by atoms with Gasteiger partial charge in [0.2, 0.25) is 5.91 Å². The Bertz CT molecular complexity index is 454. The van der Waals surface area contributed by atoms with Crippen LogP contribution in [0.25, 0.3) is 0 Å². The molecule has 4 nitrogen and oxygen atoms in total. The van der Waals surface area contributed by atoms with Crippen LogP contribution in [0.15, 0.2) is 24.3 Å². The Morgan fingerprint density at radius 3 is 2.14 bits per heavy atom. The summed E-state index contributed by atoms with van der Waals surface area (Å²) in [6.45, 7) is 8.45. The summed E-state index contributed by atoms with van der Waals surface area (Å²) in [5.74, 6) is -0.0352. The van der Waals surface area contributed by atoms with E-state index in [1.807, 2.05) is 39.8 Å². The van der Waals surface area contributed by atoms with Crippen molar-refractivity contribution in [3.05, 3.63) is 29.8 Å². The fourth-order valence-corrected chi connectivity index (χ4v) is 2.30. The minimum Gasteiger partial charge on any atom is -0.399 e. The van der Waals surface area contributed by atoms with Crippen molar-refractivity contribution >= 4 is 11.6 Å². The smallest absolute Gasteiger partial charge is 0.230 e. The molecule has 118 valence electrons. The van der Waals surface area contributed by atoms with E-state index in [1.165, 1.54) is 0 Å². The number of amides is 1. The molecule has 0 bridgehead atoms. The Balaban J connectivity index is 2.80. The molecule has 0 saturated heterocycles. The fraction of sp³-hybridized carbons (Fsp3) is 0.588. The standard InChI is InChI=1S/C17H28N2O2/c1-5-17(6-2,12-20)11-19-15(21)16(3,4)13-7-9-14(18)10-8-13/h7-10,20H,5-6,11-12,18H2,1-4H3,(H,19,21). The third kappa shape index (κ3) is 3.97. The highest BCUT2D eigenvalue weighted by Gasteiger charge is 2.32. The number of anilines is 1. The number of nitrogens with one attached hydrogen (secondary N) is 1. The highest BCUT2D eigenvalue weighted by molar-refractivity contribution is 5.87. The number of hydrogen-bond acceptors (Lipinski definition) is 3. The van der Waals surface area contributed by atoms with E-state index in [-0.39, 0.29) is 17.9 Å². The summed E-state index contributed by atoms with van der Waals surface area (Å²) >= 11 is 0. The third-order valence-electron chi connectivity index (χ3n) is 4.66. The molecule has 1 amide bonds. The molecule has 0 spiro atoms. The van der Waals surface area contributed by atoms with Gasteiger partial charge < -0.3 is 16.2 Å². The molecule has 0 saturated carbocycles. The van der Waals surface area contributed by atoms with E-state index < -0.39 is 5.41 Å². The second kappa shape index (κ2) is 6.94. The van der Waals surface area contributed by atoms with Crippen LogP contribution in [-0.4, -0.2) is 24.2 Å². The predicted octanol–water partition coefficient (Wildman–Crippen LogP) is 2.46. The van der Waals surface area contributed by atoms with E-state index in [1.54, 1.807) is 12.1 Å². The summed E-state index contributed by atoms with van der Waals surface area (Å²) < 4.78 is 0. The van der Waals surface area contributed by atoms with Crippen LogP contribution in [0.5, 0.6) is 0 Å². The molecule has 0 aliphatic carbocycles. The number of aliphatic hydroxyl groups is 1. The number of carbonyl (C=O) groups is 1. The fourth-order valence-electron chi connectivity index (χ4n) is 2.30. The first-order valence-electron chi connectivity index (χ1n) is 7.56. The van der Waals surface area contributed by atoms with Crippen molar-refractivity contribution in [3.63, 3.8) is 0 Å². The van der Waals surface area contributed by atoms with Gasteiger partial charge >= 0.3 is 0 Å². The highest BCUT2D eigenvalue weighted by Crippen LogP contribution is 2.27. The predicted molar refractivity (Wildman–Crippen MR) is 87.0 cm³/mol. The van der Waals surface area contributed by atoms with Gasteiger partial charge in [-0.15, -0.1) is 0 Å². The van der Waals surface area contributed by atoms with E-state index in [9.17, 15) is 9.90 Å². The maximum absolute atomic E-state index is 12.5. The number of nitrogen functional groups attached to an aromatic ring is 1.